The molecule has 1 N–H and O–H groups in total. The molecule has 1 aromatic heterocycles. The van der Waals surface area contributed by atoms with Crippen LogP contribution in [0.15, 0.2) is 30.5 Å². The topological polar surface area (TPSA) is 57.6 Å². The van der Waals surface area contributed by atoms with E-state index in [0.29, 0.717) is 32.6 Å². The zero-order valence-electron chi connectivity index (χ0n) is 15.2. The van der Waals surface area contributed by atoms with Crippen molar-refractivity contribution in [1.29, 1.82) is 0 Å². The monoisotopic (exact) mass is 342 g/mol. The first-order chi connectivity index (χ1) is 12.0. The van der Waals surface area contributed by atoms with E-state index in [9.17, 15) is 9.59 Å². The van der Waals surface area contributed by atoms with E-state index >= 15 is 0 Å². The third-order valence-electron chi connectivity index (χ3n) is 4.65. The molecule has 1 aliphatic heterocycles. The normalized spacial score (nSPS) is 15.0. The molecular weight excluding hydrogens is 316 g/mol. The van der Waals surface area contributed by atoms with Crippen LogP contribution in [-0.2, 0) is 18.3 Å². The molecule has 0 spiro atoms. The van der Waals surface area contributed by atoms with Gasteiger partial charge in [0.1, 0.15) is 0 Å². The van der Waals surface area contributed by atoms with Gasteiger partial charge in [-0.15, -0.1) is 0 Å². The van der Waals surface area contributed by atoms with Gasteiger partial charge in [-0.3, -0.25) is 4.79 Å². The van der Waals surface area contributed by atoms with Gasteiger partial charge in [-0.1, -0.05) is 18.2 Å². The van der Waals surface area contributed by atoms with Crippen molar-refractivity contribution in [3.8, 4) is 0 Å². The molecule has 6 nitrogen and oxygen atoms in total. The second-order valence-corrected chi connectivity index (χ2v) is 6.93. The third-order valence-corrected chi connectivity index (χ3v) is 4.65. The Balaban J connectivity index is 1.60. The number of urea groups is 1. The molecule has 0 unspecified atom stereocenters. The van der Waals surface area contributed by atoms with E-state index in [1.54, 1.807) is 4.90 Å². The van der Waals surface area contributed by atoms with Gasteiger partial charge in [-0.05, 0) is 25.5 Å². The van der Waals surface area contributed by atoms with Crippen molar-refractivity contribution in [3.63, 3.8) is 0 Å². The molecule has 1 aromatic carbocycles. The largest absolute Gasteiger partial charge is 0.350 e. The number of aryl methyl sites for hydroxylation is 1. The Morgan fingerprint density at radius 2 is 1.72 bits per heavy atom. The highest BCUT2D eigenvalue weighted by Crippen LogP contribution is 2.21. The predicted molar refractivity (Wildman–Crippen MR) is 98.4 cm³/mol. The quantitative estimate of drug-likeness (QED) is 0.927. The fourth-order valence-electron chi connectivity index (χ4n) is 3.34. The Labute approximate surface area is 148 Å². The Morgan fingerprint density at radius 1 is 1.08 bits per heavy atom. The van der Waals surface area contributed by atoms with Crippen molar-refractivity contribution in [2.24, 2.45) is 7.05 Å². The zero-order valence-corrected chi connectivity index (χ0v) is 15.2. The number of piperazine rings is 1. The number of nitrogens with one attached hydrogen (secondary N) is 1. The molecule has 1 fully saturated rings. The summed E-state index contributed by atoms with van der Waals surface area (Å²) in [6.07, 6.45) is 2.44. The zero-order chi connectivity index (χ0) is 18.0. The molecule has 3 amide bonds. The van der Waals surface area contributed by atoms with E-state index in [0.717, 1.165) is 16.5 Å². The molecular formula is C19H26N4O2. The minimum Gasteiger partial charge on any atom is -0.350 e. The van der Waals surface area contributed by atoms with Crippen LogP contribution in [0.5, 0.6) is 0 Å². The van der Waals surface area contributed by atoms with Crippen LogP contribution in [0.2, 0.25) is 0 Å². The SMILES string of the molecule is CC(C)NC(=O)N1CCN(C(=O)Cc2cn(C)c3ccccc23)CC1. The first-order valence-electron chi connectivity index (χ1n) is 8.82. The molecule has 25 heavy (non-hydrogen) atoms. The van der Waals surface area contributed by atoms with Crippen molar-refractivity contribution in [3.05, 3.63) is 36.0 Å². The summed E-state index contributed by atoms with van der Waals surface area (Å²) in [6, 6.07) is 8.22. The lowest BCUT2D eigenvalue weighted by Crippen LogP contribution is -2.54. The molecule has 1 aliphatic rings. The Morgan fingerprint density at radius 3 is 2.40 bits per heavy atom. The number of para-hydroxylation sites is 1. The summed E-state index contributed by atoms with van der Waals surface area (Å²) in [5.74, 6) is 0.125. The van der Waals surface area contributed by atoms with Gasteiger partial charge in [-0.25, -0.2) is 4.79 Å². The molecule has 0 radical (unpaired) electrons. The van der Waals surface area contributed by atoms with Gasteiger partial charge < -0.3 is 19.7 Å². The molecule has 2 heterocycles. The van der Waals surface area contributed by atoms with Crippen molar-refractivity contribution in [1.82, 2.24) is 19.7 Å². The second-order valence-electron chi connectivity index (χ2n) is 6.93. The number of aromatic nitrogens is 1. The molecule has 1 saturated heterocycles. The number of rotatable bonds is 3. The number of fused-ring (bicyclic) bond motifs is 1. The maximum Gasteiger partial charge on any atom is 0.317 e. The summed E-state index contributed by atoms with van der Waals surface area (Å²) in [7, 11) is 2.00. The number of nitrogens with zero attached hydrogens (tertiary/aromatic N) is 3. The first-order valence-corrected chi connectivity index (χ1v) is 8.82. The standard InChI is InChI=1S/C19H26N4O2/c1-14(2)20-19(25)23-10-8-22(9-11-23)18(24)12-15-13-21(3)17-7-5-4-6-16(15)17/h4-7,13-14H,8-12H2,1-3H3,(H,20,25). The van der Waals surface area contributed by atoms with Gasteiger partial charge in [0.25, 0.3) is 0 Å². The molecule has 0 atom stereocenters. The van der Waals surface area contributed by atoms with Crippen LogP contribution in [0, 0.1) is 0 Å². The van der Waals surface area contributed by atoms with E-state index in [-0.39, 0.29) is 18.0 Å². The lowest BCUT2D eigenvalue weighted by atomic mass is 10.1. The van der Waals surface area contributed by atoms with Crippen molar-refractivity contribution >= 4 is 22.8 Å². The molecule has 2 aromatic rings. The molecule has 0 saturated carbocycles. The van der Waals surface area contributed by atoms with Gasteiger partial charge in [0.2, 0.25) is 5.91 Å². The van der Waals surface area contributed by atoms with Gasteiger partial charge in [0.15, 0.2) is 0 Å². The van der Waals surface area contributed by atoms with Gasteiger partial charge in [-0.2, -0.15) is 0 Å². The van der Waals surface area contributed by atoms with Crippen LogP contribution in [-0.4, -0.2) is 58.5 Å². The Hall–Kier alpha value is -2.50. The van der Waals surface area contributed by atoms with Crippen molar-refractivity contribution < 1.29 is 9.59 Å². The molecule has 0 bridgehead atoms. The summed E-state index contributed by atoms with van der Waals surface area (Å²) in [5.41, 5.74) is 2.20. The van der Waals surface area contributed by atoms with E-state index in [1.165, 1.54) is 0 Å². The average molecular weight is 342 g/mol. The highest BCUT2D eigenvalue weighted by molar-refractivity contribution is 5.89. The lowest BCUT2D eigenvalue weighted by Gasteiger charge is -2.35. The fourth-order valence-corrected chi connectivity index (χ4v) is 3.34. The second kappa shape index (κ2) is 7.17. The summed E-state index contributed by atoms with van der Waals surface area (Å²) in [4.78, 5) is 28.3. The molecule has 6 heteroatoms. The van der Waals surface area contributed by atoms with Gasteiger partial charge >= 0.3 is 6.03 Å². The highest BCUT2D eigenvalue weighted by Gasteiger charge is 2.25. The molecule has 3 rings (SSSR count). The number of carbonyl (C=O) groups is 2. The van der Waals surface area contributed by atoms with Crippen molar-refractivity contribution in [2.45, 2.75) is 26.3 Å². The summed E-state index contributed by atoms with van der Waals surface area (Å²) in [6.45, 7) is 6.24. The minimum atomic E-state index is -0.0452. The smallest absolute Gasteiger partial charge is 0.317 e. The lowest BCUT2D eigenvalue weighted by molar-refractivity contribution is -0.131. The van der Waals surface area contributed by atoms with Gasteiger partial charge in [0, 0.05) is 56.4 Å². The van der Waals surface area contributed by atoms with E-state index in [1.807, 2.05) is 44.1 Å². The van der Waals surface area contributed by atoms with E-state index < -0.39 is 0 Å². The number of amides is 3. The van der Waals surface area contributed by atoms with Crippen LogP contribution >= 0.6 is 0 Å². The van der Waals surface area contributed by atoms with Crippen LogP contribution in [0.3, 0.4) is 0 Å². The summed E-state index contributed by atoms with van der Waals surface area (Å²) in [5, 5.41) is 4.03. The van der Waals surface area contributed by atoms with E-state index in [2.05, 4.69) is 22.0 Å². The summed E-state index contributed by atoms with van der Waals surface area (Å²) < 4.78 is 2.06. The molecule has 134 valence electrons. The number of benzene rings is 1. The van der Waals surface area contributed by atoms with E-state index in [4.69, 9.17) is 0 Å². The number of hydrogen-bond donors (Lipinski definition) is 1. The predicted octanol–water partition coefficient (Wildman–Crippen LogP) is 1.98. The minimum absolute atomic E-state index is 0.0452. The highest BCUT2D eigenvalue weighted by atomic mass is 16.2. The Bertz CT molecular complexity index is 773. The fraction of sp³-hybridized carbons (Fsp3) is 0.474. The van der Waals surface area contributed by atoms with Gasteiger partial charge in [0.05, 0.1) is 6.42 Å². The molecule has 0 aliphatic carbocycles. The maximum absolute atomic E-state index is 12.7. The number of carbonyl (C=O) groups excluding carboxylic acids is 2. The van der Waals surface area contributed by atoms with Crippen LogP contribution in [0.1, 0.15) is 19.4 Å². The maximum atomic E-state index is 12.7. The average Bonchev–Trinajstić information content (AvgIpc) is 2.91. The first kappa shape index (κ1) is 17.3. The van der Waals surface area contributed by atoms with Crippen LogP contribution < -0.4 is 5.32 Å². The third kappa shape index (κ3) is 3.78. The van der Waals surface area contributed by atoms with Crippen molar-refractivity contribution in [2.75, 3.05) is 26.2 Å². The Kier molecular flexibility index (Phi) is 4.97. The van der Waals surface area contributed by atoms with Crippen LogP contribution in [0.25, 0.3) is 10.9 Å². The summed E-state index contributed by atoms with van der Waals surface area (Å²) >= 11 is 0. The van der Waals surface area contributed by atoms with Crippen LogP contribution in [0.4, 0.5) is 4.79 Å². The number of hydrogen-bond acceptors (Lipinski definition) is 2.